The smallest absolute Gasteiger partial charge is 0.365 e. The van der Waals surface area contributed by atoms with Crippen molar-refractivity contribution in [2.24, 2.45) is 0 Å². The molecule has 11 nitrogen and oxygen atoms in total. The predicted molar refractivity (Wildman–Crippen MR) is 192 cm³/mol. The molecule has 54 heavy (non-hydrogen) atoms. The lowest BCUT2D eigenvalue weighted by Crippen LogP contribution is -2.50. The van der Waals surface area contributed by atoms with Crippen molar-refractivity contribution in [1.29, 1.82) is 0 Å². The van der Waals surface area contributed by atoms with Crippen LogP contribution in [0.1, 0.15) is 44.4 Å². The number of amides is 2. The highest BCUT2D eigenvalue weighted by Gasteiger charge is 2.52. The molecule has 20 heteroatoms. The Balaban J connectivity index is 2.00. The summed E-state index contributed by atoms with van der Waals surface area (Å²) in [6.07, 6.45) is 0.430. The van der Waals surface area contributed by atoms with E-state index >= 15 is 0 Å². The number of hydrogen-bond acceptors (Lipinski definition) is 9. The first-order chi connectivity index (χ1) is 25.5. The lowest BCUT2D eigenvalue weighted by Gasteiger charge is -2.32. The Labute approximate surface area is 318 Å². The fourth-order valence-corrected chi connectivity index (χ4v) is 10.2. The van der Waals surface area contributed by atoms with Crippen LogP contribution < -0.4 is 15.4 Å². The van der Waals surface area contributed by atoms with Gasteiger partial charge in [-0.25, -0.2) is 22.0 Å². The SMILES string of the molecule is CCOP(=O)(OCC)C(NC(=O)C(Cc1ccc(OCc2c(Cl)cccc2Cl)cc1)NC(=O)C=Cc1c(F)c(F)c(F)c(F)c1F)P(=O)(OCC)OCC. The third-order valence-electron chi connectivity index (χ3n) is 7.19. The lowest BCUT2D eigenvalue weighted by molar-refractivity contribution is -0.127. The van der Waals surface area contributed by atoms with Crippen molar-refractivity contribution in [3.8, 4) is 5.75 Å². The molecule has 2 N–H and O–H groups in total. The van der Waals surface area contributed by atoms with Gasteiger partial charge >= 0.3 is 15.2 Å². The minimum Gasteiger partial charge on any atom is -0.489 e. The van der Waals surface area contributed by atoms with Gasteiger partial charge in [0.1, 0.15) is 18.4 Å². The van der Waals surface area contributed by atoms with Crippen molar-refractivity contribution in [2.45, 2.75) is 52.3 Å². The lowest BCUT2D eigenvalue weighted by atomic mass is 10.0. The van der Waals surface area contributed by atoms with Gasteiger partial charge in [0, 0.05) is 28.1 Å². The van der Waals surface area contributed by atoms with Crippen LogP contribution in [0.2, 0.25) is 10.0 Å². The molecule has 0 aliphatic rings. The zero-order valence-corrected chi connectivity index (χ0v) is 32.6. The van der Waals surface area contributed by atoms with Crippen LogP contribution in [0.15, 0.2) is 48.5 Å². The van der Waals surface area contributed by atoms with E-state index in [2.05, 4.69) is 10.6 Å². The molecule has 3 rings (SSSR count). The third kappa shape index (κ3) is 11.4. The van der Waals surface area contributed by atoms with Gasteiger partial charge < -0.3 is 33.5 Å². The molecule has 0 bridgehead atoms. The number of benzene rings is 3. The minimum atomic E-state index is -4.54. The van der Waals surface area contributed by atoms with Crippen LogP contribution >= 0.6 is 38.4 Å². The molecule has 0 saturated carbocycles. The Kier molecular flexibility index (Phi) is 17.1. The second-order valence-electron chi connectivity index (χ2n) is 10.8. The van der Waals surface area contributed by atoms with E-state index in [1.54, 1.807) is 18.2 Å². The van der Waals surface area contributed by atoms with Crippen LogP contribution in [0.5, 0.6) is 5.75 Å². The highest BCUT2D eigenvalue weighted by molar-refractivity contribution is 7.72. The zero-order valence-electron chi connectivity index (χ0n) is 29.3. The van der Waals surface area contributed by atoms with Gasteiger partial charge in [0.25, 0.3) is 0 Å². The summed E-state index contributed by atoms with van der Waals surface area (Å²) in [4.78, 5) is 27.0. The van der Waals surface area contributed by atoms with Crippen LogP contribution in [-0.2, 0) is 49.8 Å². The van der Waals surface area contributed by atoms with Crippen molar-refractivity contribution >= 4 is 56.3 Å². The maximum atomic E-state index is 14.3. The molecule has 3 aromatic carbocycles. The van der Waals surface area contributed by atoms with E-state index in [1.165, 1.54) is 52.0 Å². The normalized spacial score (nSPS) is 12.7. The summed E-state index contributed by atoms with van der Waals surface area (Å²) in [5, 5.41) is 5.36. The summed E-state index contributed by atoms with van der Waals surface area (Å²) in [7, 11) is -9.07. The number of carbonyl (C=O) groups is 2. The fourth-order valence-electron chi connectivity index (χ4n) is 4.78. The molecule has 0 aliphatic heterocycles. The van der Waals surface area contributed by atoms with Gasteiger partial charge in [0.2, 0.25) is 23.2 Å². The highest BCUT2D eigenvalue weighted by atomic mass is 35.5. The number of halogens is 7. The zero-order chi connectivity index (χ0) is 40.2. The van der Waals surface area contributed by atoms with Gasteiger partial charge in [-0.15, -0.1) is 0 Å². The van der Waals surface area contributed by atoms with E-state index < -0.39 is 73.2 Å². The van der Waals surface area contributed by atoms with Crippen molar-refractivity contribution in [1.82, 2.24) is 10.6 Å². The van der Waals surface area contributed by atoms with E-state index in [0.29, 0.717) is 39.1 Å². The average molecular weight is 846 g/mol. The quantitative estimate of drug-likeness (QED) is 0.0375. The van der Waals surface area contributed by atoms with Gasteiger partial charge in [-0.3, -0.25) is 18.7 Å². The molecule has 3 aromatic rings. The first-order valence-electron chi connectivity index (χ1n) is 16.3. The Hall–Kier alpha value is -3.33. The summed E-state index contributed by atoms with van der Waals surface area (Å²) in [6.45, 7) is 4.99. The number of carbonyl (C=O) groups excluding carboxylic acids is 2. The molecular weight excluding hydrogens is 808 g/mol. The molecule has 1 atom stereocenters. The number of nitrogens with one attached hydrogen (secondary N) is 2. The Morgan fingerprint density at radius 1 is 0.722 bits per heavy atom. The van der Waals surface area contributed by atoms with Crippen molar-refractivity contribution in [3.05, 3.63) is 104 Å². The van der Waals surface area contributed by atoms with Gasteiger partial charge in [0.05, 0.1) is 32.0 Å². The minimum absolute atomic E-state index is 0.00907. The highest BCUT2D eigenvalue weighted by Crippen LogP contribution is 2.69. The second-order valence-corrected chi connectivity index (χ2v) is 16.3. The molecule has 0 heterocycles. The van der Waals surface area contributed by atoms with Crippen molar-refractivity contribution in [2.75, 3.05) is 26.4 Å². The van der Waals surface area contributed by atoms with Gasteiger partial charge in [-0.05, 0) is 63.6 Å². The summed E-state index contributed by atoms with van der Waals surface area (Å²) in [5.41, 5.74) is -2.55. The van der Waals surface area contributed by atoms with Crippen molar-refractivity contribution in [3.63, 3.8) is 0 Å². The van der Waals surface area contributed by atoms with E-state index in [1.807, 2.05) is 0 Å². The van der Waals surface area contributed by atoms with Crippen LogP contribution in [0.3, 0.4) is 0 Å². The molecule has 2 amide bonds. The van der Waals surface area contributed by atoms with Crippen molar-refractivity contribution < 1.29 is 63.5 Å². The summed E-state index contributed by atoms with van der Waals surface area (Å²) >= 11 is 12.4. The summed E-state index contributed by atoms with van der Waals surface area (Å²) in [6, 6.07) is 9.40. The molecule has 0 spiro atoms. The molecule has 296 valence electrons. The number of hydrogen-bond donors (Lipinski definition) is 2. The van der Waals surface area contributed by atoms with Gasteiger partial charge in [-0.2, -0.15) is 0 Å². The maximum Gasteiger partial charge on any atom is 0.365 e. The van der Waals surface area contributed by atoms with Gasteiger partial charge in [0.15, 0.2) is 23.3 Å². The topological polar surface area (TPSA) is 138 Å². The fraction of sp³-hybridized carbons (Fsp3) is 0.353. The first-order valence-corrected chi connectivity index (χ1v) is 20.3. The predicted octanol–water partition coefficient (Wildman–Crippen LogP) is 8.94. The molecular formula is C34H37Cl2F5N2O9P2. The molecule has 0 saturated heterocycles. The number of rotatable bonds is 20. The first kappa shape index (κ1) is 45.1. The maximum absolute atomic E-state index is 14.3. The molecule has 0 radical (unpaired) electrons. The van der Waals surface area contributed by atoms with Crippen LogP contribution in [0, 0.1) is 29.1 Å². The van der Waals surface area contributed by atoms with Crippen LogP contribution in [-0.4, -0.2) is 49.8 Å². The largest absolute Gasteiger partial charge is 0.489 e. The van der Waals surface area contributed by atoms with E-state index in [9.17, 15) is 40.7 Å². The van der Waals surface area contributed by atoms with Gasteiger partial charge in [-0.1, -0.05) is 41.4 Å². The molecule has 1 unspecified atom stereocenters. The Morgan fingerprint density at radius 3 is 1.65 bits per heavy atom. The van der Waals surface area contributed by atoms with E-state index in [-0.39, 0.29) is 39.5 Å². The second kappa shape index (κ2) is 20.5. The average Bonchev–Trinajstić information content (AvgIpc) is 3.12. The summed E-state index contributed by atoms with van der Waals surface area (Å²) < 4.78 is 125. The number of ether oxygens (including phenoxy) is 1. The Bertz CT molecular complexity index is 1830. The molecule has 0 aliphatic carbocycles. The van der Waals surface area contributed by atoms with E-state index in [0.717, 1.165) is 0 Å². The Morgan fingerprint density at radius 2 is 1.19 bits per heavy atom. The van der Waals surface area contributed by atoms with Crippen LogP contribution in [0.4, 0.5) is 22.0 Å². The van der Waals surface area contributed by atoms with E-state index in [4.69, 9.17) is 46.0 Å². The monoisotopic (exact) mass is 844 g/mol. The summed E-state index contributed by atoms with van der Waals surface area (Å²) in [5.74, 6) is -13.3. The van der Waals surface area contributed by atoms with Crippen LogP contribution in [0.25, 0.3) is 6.08 Å². The standard InChI is InChI=1S/C34H37Cl2F5N2O9P2/c1-5-49-53(46,50-6-2)34(54(47,51-7-3)52-8-4)43-33(45)26(42-27(44)17-16-22-28(37)30(39)32(41)31(40)29(22)38)18-20-12-14-21(15-13-20)48-19-23-24(35)10-9-11-25(23)36/h9-17,26,34H,5-8,18-19H2,1-4H3,(H,42,44)(H,43,45). The third-order valence-corrected chi connectivity index (χ3v) is 13.5. The molecule has 0 fully saturated rings. The molecule has 0 aromatic heterocycles.